The first-order chi connectivity index (χ1) is 47.6. The van der Waals surface area contributed by atoms with E-state index in [0.717, 1.165) is 88.2 Å². The summed E-state index contributed by atoms with van der Waals surface area (Å²) in [5.41, 5.74) is 3.68. The molecule has 0 unspecified atom stereocenters. The predicted octanol–water partition coefficient (Wildman–Crippen LogP) is 15.5. The van der Waals surface area contributed by atoms with E-state index in [9.17, 15) is 38.7 Å². The molecule has 7 aliphatic rings. The molecule has 11 rings (SSSR count). The van der Waals surface area contributed by atoms with Crippen molar-refractivity contribution in [2.24, 2.45) is 16.2 Å². The molecule has 4 aromatic rings. The number of carbonyl (C=O) groups excluding carboxylic acids is 6. The number of amides is 4. The van der Waals surface area contributed by atoms with E-state index in [-0.39, 0.29) is 84.4 Å². The van der Waals surface area contributed by atoms with E-state index in [1.54, 1.807) is 75.9 Å². The van der Waals surface area contributed by atoms with Crippen LogP contribution in [0.15, 0.2) is 66.7 Å². The van der Waals surface area contributed by atoms with E-state index in [0.29, 0.717) is 86.9 Å². The van der Waals surface area contributed by atoms with Crippen molar-refractivity contribution in [3.63, 3.8) is 0 Å². The average Bonchev–Trinajstić information content (AvgIpc) is 0.739. The summed E-state index contributed by atoms with van der Waals surface area (Å²) in [6, 6.07) is 17.9. The fourth-order valence-corrected chi connectivity index (χ4v) is 16.9. The molecule has 22 nitrogen and oxygen atoms in total. The SMILES string of the molecule is CCOC(=O)C[C@@H](c1cc(Cl)cc(Cl)c1)N(C(=O)OC)C1CC2(C1)CN(C(=O)OC(C)(C)C)C2.CCOC(=O)C[C@H](NC1CC2(C1)CN(C(=O)OC(C)(C)C)C2)c1cc(Cl)cc(Cl)c1.COC(=O)N(C1CC2(C1)CN(CCc1ccc3c(n1)NCCC3)C2)[C@@H](CC(=O)O)c1cc(Cl)cc(Cl)c1. The lowest BCUT2D eigenvalue weighted by Gasteiger charge is -2.61. The average molecular weight is 1520 g/mol. The predicted molar refractivity (Wildman–Crippen MR) is 387 cm³/mol. The van der Waals surface area contributed by atoms with E-state index in [1.807, 2.05) is 53.7 Å². The first-order valence-electron chi connectivity index (χ1n) is 34.4. The van der Waals surface area contributed by atoms with Crippen LogP contribution in [0.25, 0.3) is 0 Å². The van der Waals surface area contributed by atoms with E-state index < -0.39 is 47.4 Å². The first kappa shape index (κ1) is 78.9. The third kappa shape index (κ3) is 20.8. The van der Waals surface area contributed by atoms with Crippen LogP contribution in [0.2, 0.25) is 30.1 Å². The number of rotatable bonds is 20. The van der Waals surface area contributed by atoms with Gasteiger partial charge >= 0.3 is 42.3 Å². The molecule has 4 aliphatic heterocycles. The van der Waals surface area contributed by atoms with Crippen LogP contribution in [0, 0.1) is 16.2 Å². The van der Waals surface area contributed by atoms with Crippen LogP contribution in [-0.2, 0) is 55.6 Å². The van der Waals surface area contributed by atoms with Gasteiger partial charge in [-0.15, -0.1) is 0 Å². The van der Waals surface area contributed by atoms with Crippen molar-refractivity contribution >= 4 is 118 Å². The Bertz CT molecular complexity index is 3580. The van der Waals surface area contributed by atoms with Gasteiger partial charge in [-0.2, -0.15) is 0 Å². The quantitative estimate of drug-likeness (QED) is 0.0549. The van der Waals surface area contributed by atoms with Gasteiger partial charge in [-0.3, -0.25) is 24.2 Å². The molecule has 0 bridgehead atoms. The zero-order valence-electron chi connectivity index (χ0n) is 59.1. The van der Waals surface area contributed by atoms with Crippen LogP contribution in [0.5, 0.6) is 0 Å². The van der Waals surface area contributed by atoms with Crippen LogP contribution >= 0.6 is 69.6 Å². The minimum atomic E-state index is -1.01. The first-order valence-corrected chi connectivity index (χ1v) is 36.7. The highest BCUT2D eigenvalue weighted by molar-refractivity contribution is 6.35. The van der Waals surface area contributed by atoms with Crippen LogP contribution in [0.3, 0.4) is 0 Å². The number of anilines is 1. The van der Waals surface area contributed by atoms with Gasteiger partial charge in [0.05, 0.1) is 58.8 Å². The number of halogens is 6. The molecule has 6 fully saturated rings. The number of fused-ring (bicyclic) bond motifs is 1. The van der Waals surface area contributed by atoms with Crippen LogP contribution in [-0.4, -0.2) is 186 Å². The number of carboxylic acids is 1. The number of ether oxygens (including phenoxy) is 6. The van der Waals surface area contributed by atoms with E-state index in [4.69, 9.17) is 103 Å². The molecule has 4 amide bonds. The molecule has 1 aromatic heterocycles. The van der Waals surface area contributed by atoms with Gasteiger partial charge in [0.1, 0.15) is 17.0 Å². The fourth-order valence-electron chi connectivity index (χ4n) is 15.3. The third-order valence-electron chi connectivity index (χ3n) is 19.4. The lowest BCUT2D eigenvalue weighted by Crippen LogP contribution is -2.68. The fraction of sp³-hybridized carbons (Fsp3) is 0.589. The Morgan fingerprint density at radius 2 is 1.01 bits per heavy atom. The Morgan fingerprint density at radius 1 is 0.594 bits per heavy atom. The molecule has 3 spiro atoms. The maximum atomic E-state index is 12.9. The van der Waals surface area contributed by atoms with Crippen molar-refractivity contribution < 1.29 is 67.1 Å². The van der Waals surface area contributed by atoms with Gasteiger partial charge in [-0.05, 0) is 195 Å². The second-order valence-electron chi connectivity index (χ2n) is 29.9. The van der Waals surface area contributed by atoms with Gasteiger partial charge in [-0.25, -0.2) is 24.2 Å². The van der Waals surface area contributed by atoms with Crippen molar-refractivity contribution in [1.29, 1.82) is 0 Å². The highest BCUT2D eigenvalue weighted by Gasteiger charge is 2.59. The molecule has 3 aliphatic carbocycles. The van der Waals surface area contributed by atoms with E-state index in [1.165, 1.54) is 19.8 Å². The topological polar surface area (TPSA) is 248 Å². The second-order valence-corrected chi connectivity index (χ2v) is 32.6. The molecule has 3 atom stereocenters. The molecule has 3 aromatic carbocycles. The number of nitrogens with zero attached hydrogens (tertiary/aromatic N) is 6. The van der Waals surface area contributed by atoms with Gasteiger partial charge in [0, 0.05) is 130 Å². The molecular weight excluding hydrogens is 1430 g/mol. The number of carbonyl (C=O) groups is 7. The highest BCUT2D eigenvalue weighted by Crippen LogP contribution is 2.55. The maximum absolute atomic E-state index is 12.9. The van der Waals surface area contributed by atoms with Crippen molar-refractivity contribution in [3.05, 3.63) is 125 Å². The Hall–Kier alpha value is -6.24. The van der Waals surface area contributed by atoms with Crippen molar-refractivity contribution in [3.8, 4) is 0 Å². The molecule has 28 heteroatoms. The summed E-state index contributed by atoms with van der Waals surface area (Å²) in [6.45, 7) is 21.6. The van der Waals surface area contributed by atoms with E-state index >= 15 is 0 Å². The van der Waals surface area contributed by atoms with E-state index in [2.05, 4.69) is 27.7 Å². The Kier molecular flexibility index (Phi) is 26.0. The standard InChI is InChI=1S/C27H32Cl2N4O4.C24H32Cl2N2O6.C22H30Cl2N2O4/c1-37-26(36)33(23(12-24(34)35)18-9-19(28)11-20(29)10-18)22-13-27(14-22)15-32(16-27)8-6-21-5-4-17-3-2-7-30-25(17)31-21;1-6-33-20(29)10-19(15-7-16(25)9-17(26)8-15)28(22(31)32-5)18-11-24(12-18)13-27(14-24)21(30)34-23(2,3)4;1-5-29-19(27)9-18(14-6-15(23)8-16(24)7-14)25-17-10-22(11-17)12-26(13-22)20(28)30-21(2,3)4/h4-5,9-11,22-23H,2-3,6-8,12-16H2,1H3,(H,30,31)(H,34,35);7-9,18-19H,6,10-14H2,1-5H3;6-8,17-18,25H,5,9-13H2,1-4H3/t23-;19-;18-/m000/s1. The number of aromatic nitrogens is 1. The summed E-state index contributed by atoms with van der Waals surface area (Å²) in [5, 5.41) is 19.2. The number of carboxylic acid groups (broad SMARTS) is 1. The number of aliphatic carboxylic acids is 1. The number of pyridine rings is 1. The van der Waals surface area contributed by atoms with Crippen LogP contribution < -0.4 is 10.6 Å². The number of nitrogens with one attached hydrogen (secondary N) is 2. The number of methoxy groups -OCH3 is 2. The number of hydrogen-bond donors (Lipinski definition) is 3. The zero-order valence-corrected chi connectivity index (χ0v) is 63.6. The third-order valence-corrected chi connectivity index (χ3v) is 20.7. The molecule has 5 heterocycles. The minimum Gasteiger partial charge on any atom is -0.481 e. The lowest BCUT2D eigenvalue weighted by atomic mass is 9.60. The van der Waals surface area contributed by atoms with Gasteiger partial charge in [-0.1, -0.05) is 75.7 Å². The normalized spacial score (nSPS) is 19.8. The highest BCUT2D eigenvalue weighted by atomic mass is 35.5. The number of esters is 2. The van der Waals surface area contributed by atoms with Crippen LogP contribution in [0.4, 0.5) is 25.0 Å². The van der Waals surface area contributed by atoms with Crippen molar-refractivity contribution in [2.45, 2.75) is 180 Å². The summed E-state index contributed by atoms with van der Waals surface area (Å²) in [6.07, 6.45) is 6.22. The van der Waals surface area contributed by atoms with Crippen LogP contribution in [0.1, 0.15) is 166 Å². The summed E-state index contributed by atoms with van der Waals surface area (Å²) < 4.78 is 31.4. The number of benzene rings is 3. The largest absolute Gasteiger partial charge is 0.481 e. The van der Waals surface area contributed by atoms with Gasteiger partial charge in [0.25, 0.3) is 0 Å². The maximum Gasteiger partial charge on any atom is 0.410 e. The van der Waals surface area contributed by atoms with Gasteiger partial charge < -0.3 is 58.9 Å². The number of aryl methyl sites for hydroxylation is 1. The zero-order chi connectivity index (χ0) is 73.5. The van der Waals surface area contributed by atoms with Gasteiger partial charge in [0.15, 0.2) is 0 Å². The Labute approximate surface area is 621 Å². The minimum absolute atomic E-state index is 0.0624. The summed E-state index contributed by atoms with van der Waals surface area (Å²) in [7, 11) is 2.63. The Balaban J connectivity index is 0.000000178. The molecule has 3 saturated carbocycles. The molecule has 3 saturated heterocycles. The lowest BCUT2D eigenvalue weighted by molar-refractivity contribution is -0.146. The number of hydrogen-bond acceptors (Lipinski definition) is 17. The van der Waals surface area contributed by atoms with Crippen molar-refractivity contribution in [2.75, 3.05) is 85.1 Å². The number of likely N-dealkylation sites (tertiary alicyclic amines) is 3. The van der Waals surface area contributed by atoms with Crippen molar-refractivity contribution in [1.82, 2.24) is 34.8 Å². The second kappa shape index (κ2) is 33.3. The summed E-state index contributed by atoms with van der Waals surface area (Å²) in [4.78, 5) is 100. The summed E-state index contributed by atoms with van der Waals surface area (Å²) in [5.74, 6) is -0.679. The Morgan fingerprint density at radius 3 is 1.44 bits per heavy atom. The molecular formula is C73H94Cl6N8O14. The van der Waals surface area contributed by atoms with Gasteiger partial charge in [0.2, 0.25) is 0 Å². The monoisotopic (exact) mass is 1520 g/mol. The smallest absolute Gasteiger partial charge is 0.410 e. The summed E-state index contributed by atoms with van der Waals surface area (Å²) >= 11 is 37.2. The molecule has 0 radical (unpaired) electrons. The molecule has 3 N–H and O–H groups in total. The molecule has 101 heavy (non-hydrogen) atoms. The molecule has 552 valence electrons.